The van der Waals surface area contributed by atoms with Crippen LogP contribution in [-0.4, -0.2) is 15.2 Å². The molecule has 0 unspecified atom stereocenters. The first kappa shape index (κ1) is 13.9. The number of hydrogen-bond acceptors (Lipinski definition) is 3. The summed E-state index contributed by atoms with van der Waals surface area (Å²) in [5.74, 6) is 0.261. The highest BCUT2D eigenvalue weighted by Gasteiger charge is 2.04. The molecule has 0 radical (unpaired) electrons. The number of phenolic OH excluding ortho intramolecular Hbond substituents is 2. The van der Waals surface area contributed by atoms with Gasteiger partial charge in [-0.1, -0.05) is 18.2 Å². The standard InChI is InChI=1S/C17H17NO2/c1-3-4-13-9-17(20)14(10-16(13)19)6-8-15-7-5-12(2)11-18-15/h3-11,19-20H,1-2H3. The fraction of sp³-hybridized carbons (Fsp3) is 0.118. The van der Waals surface area contributed by atoms with Crippen molar-refractivity contribution >= 4 is 18.2 Å². The van der Waals surface area contributed by atoms with Crippen LogP contribution in [0.5, 0.6) is 11.5 Å². The molecule has 1 aromatic heterocycles. The van der Waals surface area contributed by atoms with Crippen LogP contribution in [0, 0.1) is 6.92 Å². The molecule has 0 atom stereocenters. The van der Waals surface area contributed by atoms with Gasteiger partial charge in [0.15, 0.2) is 0 Å². The largest absolute Gasteiger partial charge is 0.507 e. The molecule has 2 aromatic rings. The maximum atomic E-state index is 9.95. The number of benzene rings is 1. The van der Waals surface area contributed by atoms with E-state index in [0.717, 1.165) is 11.3 Å². The van der Waals surface area contributed by atoms with Gasteiger partial charge in [-0.2, -0.15) is 0 Å². The van der Waals surface area contributed by atoms with E-state index >= 15 is 0 Å². The summed E-state index contributed by atoms with van der Waals surface area (Å²) < 4.78 is 0. The first-order valence-corrected chi connectivity index (χ1v) is 6.39. The molecule has 1 aromatic carbocycles. The Bertz CT molecular complexity index is 655. The predicted molar refractivity (Wildman–Crippen MR) is 82.4 cm³/mol. The van der Waals surface area contributed by atoms with Gasteiger partial charge < -0.3 is 10.2 Å². The molecule has 0 saturated heterocycles. The van der Waals surface area contributed by atoms with Crippen molar-refractivity contribution in [2.75, 3.05) is 0 Å². The van der Waals surface area contributed by atoms with Crippen molar-refractivity contribution in [1.29, 1.82) is 0 Å². The lowest BCUT2D eigenvalue weighted by Crippen LogP contribution is -1.82. The van der Waals surface area contributed by atoms with Crippen molar-refractivity contribution in [3.8, 4) is 11.5 Å². The highest BCUT2D eigenvalue weighted by atomic mass is 16.3. The molecule has 0 saturated carbocycles. The van der Waals surface area contributed by atoms with Crippen molar-refractivity contribution in [3.05, 3.63) is 58.9 Å². The fourth-order valence-electron chi connectivity index (χ4n) is 1.81. The highest BCUT2D eigenvalue weighted by molar-refractivity contribution is 5.74. The maximum Gasteiger partial charge on any atom is 0.123 e. The van der Waals surface area contributed by atoms with Crippen molar-refractivity contribution < 1.29 is 10.2 Å². The third-order valence-corrected chi connectivity index (χ3v) is 2.89. The topological polar surface area (TPSA) is 53.4 Å². The van der Waals surface area contributed by atoms with E-state index in [9.17, 15) is 10.2 Å². The van der Waals surface area contributed by atoms with Crippen LogP contribution in [0.15, 0.2) is 36.5 Å². The molecule has 0 aliphatic rings. The van der Waals surface area contributed by atoms with Crippen LogP contribution in [0.25, 0.3) is 18.2 Å². The summed E-state index contributed by atoms with van der Waals surface area (Å²) in [6, 6.07) is 6.95. The van der Waals surface area contributed by atoms with Crippen LogP contribution in [0.4, 0.5) is 0 Å². The van der Waals surface area contributed by atoms with E-state index < -0.39 is 0 Å². The number of aromatic nitrogens is 1. The van der Waals surface area contributed by atoms with Crippen LogP contribution in [0.3, 0.4) is 0 Å². The zero-order valence-electron chi connectivity index (χ0n) is 11.5. The van der Waals surface area contributed by atoms with E-state index in [1.807, 2.05) is 26.0 Å². The summed E-state index contributed by atoms with van der Waals surface area (Å²) in [4.78, 5) is 4.25. The summed E-state index contributed by atoms with van der Waals surface area (Å²) in [7, 11) is 0. The molecule has 0 fully saturated rings. The Balaban J connectivity index is 2.29. The molecule has 0 bridgehead atoms. The van der Waals surface area contributed by atoms with Crippen LogP contribution < -0.4 is 0 Å². The molecule has 1 heterocycles. The van der Waals surface area contributed by atoms with Gasteiger partial charge in [-0.3, -0.25) is 4.98 Å². The molecule has 3 nitrogen and oxygen atoms in total. The van der Waals surface area contributed by atoms with Crippen molar-refractivity contribution in [3.63, 3.8) is 0 Å². The van der Waals surface area contributed by atoms with E-state index in [-0.39, 0.29) is 11.5 Å². The molecule has 0 amide bonds. The first-order valence-electron chi connectivity index (χ1n) is 6.39. The van der Waals surface area contributed by atoms with Crippen LogP contribution >= 0.6 is 0 Å². The molecular formula is C17H17NO2. The van der Waals surface area contributed by atoms with Gasteiger partial charge in [0.2, 0.25) is 0 Å². The molecule has 3 heteroatoms. The lowest BCUT2D eigenvalue weighted by Gasteiger charge is -2.04. The molecule has 2 N–H and O–H groups in total. The number of rotatable bonds is 3. The average Bonchev–Trinajstić information content (AvgIpc) is 2.43. The second-order valence-electron chi connectivity index (χ2n) is 4.56. The van der Waals surface area contributed by atoms with Gasteiger partial charge in [0.25, 0.3) is 0 Å². The van der Waals surface area contributed by atoms with Gasteiger partial charge >= 0.3 is 0 Å². The van der Waals surface area contributed by atoms with Crippen molar-refractivity contribution in [1.82, 2.24) is 4.98 Å². The van der Waals surface area contributed by atoms with Gasteiger partial charge in [-0.25, -0.2) is 0 Å². The number of aryl methyl sites for hydroxylation is 1. The summed E-state index contributed by atoms with van der Waals surface area (Å²) in [5, 5.41) is 19.8. The van der Waals surface area contributed by atoms with E-state index in [0.29, 0.717) is 11.1 Å². The van der Waals surface area contributed by atoms with Gasteiger partial charge in [-0.05, 0) is 49.8 Å². The summed E-state index contributed by atoms with van der Waals surface area (Å²) in [6.07, 6.45) is 8.85. The molecule has 20 heavy (non-hydrogen) atoms. The number of aromatic hydroxyl groups is 2. The maximum absolute atomic E-state index is 9.95. The lowest BCUT2D eigenvalue weighted by molar-refractivity contribution is 0.458. The van der Waals surface area contributed by atoms with Crippen LogP contribution in [0.1, 0.15) is 29.3 Å². The fourth-order valence-corrected chi connectivity index (χ4v) is 1.81. The molecule has 0 aliphatic carbocycles. The third kappa shape index (κ3) is 3.26. The second kappa shape index (κ2) is 6.06. The molecule has 0 aliphatic heterocycles. The zero-order chi connectivity index (χ0) is 14.5. The molecule has 0 spiro atoms. The normalized spacial score (nSPS) is 11.5. The SMILES string of the molecule is CC=Cc1cc(O)c(C=Cc2ccc(C)cn2)cc1O. The van der Waals surface area contributed by atoms with Gasteiger partial charge in [0.05, 0.1) is 5.69 Å². The van der Waals surface area contributed by atoms with E-state index in [1.165, 1.54) is 12.1 Å². The van der Waals surface area contributed by atoms with Crippen molar-refractivity contribution in [2.24, 2.45) is 0 Å². The molecule has 2 rings (SSSR count). The Morgan fingerprint density at radius 2 is 1.60 bits per heavy atom. The summed E-state index contributed by atoms with van der Waals surface area (Å²) in [5.41, 5.74) is 3.04. The minimum Gasteiger partial charge on any atom is -0.507 e. The quantitative estimate of drug-likeness (QED) is 0.826. The first-order chi connectivity index (χ1) is 9.60. The lowest BCUT2D eigenvalue weighted by atomic mass is 10.1. The van der Waals surface area contributed by atoms with E-state index in [2.05, 4.69) is 4.98 Å². The number of allylic oxidation sites excluding steroid dienone is 1. The smallest absolute Gasteiger partial charge is 0.123 e. The third-order valence-electron chi connectivity index (χ3n) is 2.89. The van der Waals surface area contributed by atoms with Crippen LogP contribution in [-0.2, 0) is 0 Å². The van der Waals surface area contributed by atoms with Crippen molar-refractivity contribution in [2.45, 2.75) is 13.8 Å². The van der Waals surface area contributed by atoms with Gasteiger partial charge in [0, 0.05) is 17.3 Å². The average molecular weight is 267 g/mol. The predicted octanol–water partition coefficient (Wildman–Crippen LogP) is 4.00. The van der Waals surface area contributed by atoms with Gasteiger partial charge in [-0.15, -0.1) is 0 Å². The minimum absolute atomic E-state index is 0.124. The molecule has 102 valence electrons. The summed E-state index contributed by atoms with van der Waals surface area (Å²) >= 11 is 0. The number of pyridine rings is 1. The Hall–Kier alpha value is -2.55. The van der Waals surface area contributed by atoms with E-state index in [1.54, 1.807) is 30.5 Å². The number of phenols is 2. The molecular weight excluding hydrogens is 250 g/mol. The second-order valence-corrected chi connectivity index (χ2v) is 4.56. The number of nitrogens with zero attached hydrogens (tertiary/aromatic N) is 1. The van der Waals surface area contributed by atoms with E-state index in [4.69, 9.17) is 0 Å². The monoisotopic (exact) mass is 267 g/mol. The number of hydrogen-bond donors (Lipinski definition) is 2. The summed E-state index contributed by atoms with van der Waals surface area (Å²) in [6.45, 7) is 3.83. The van der Waals surface area contributed by atoms with Gasteiger partial charge in [0.1, 0.15) is 11.5 Å². The Morgan fingerprint density at radius 3 is 2.15 bits per heavy atom. The minimum atomic E-state index is 0.124. The highest BCUT2D eigenvalue weighted by Crippen LogP contribution is 2.29. The Morgan fingerprint density at radius 1 is 0.950 bits per heavy atom. The zero-order valence-corrected chi connectivity index (χ0v) is 11.5. The van der Waals surface area contributed by atoms with Crippen LogP contribution in [0.2, 0.25) is 0 Å². The Kier molecular flexibility index (Phi) is 4.20. The Labute approximate surface area is 118 Å².